The highest BCUT2D eigenvalue weighted by Gasteiger charge is 2.08. The summed E-state index contributed by atoms with van der Waals surface area (Å²) in [4.78, 5) is 27.8. The molecule has 26 heavy (non-hydrogen) atoms. The number of amides is 2. The second-order valence-electron chi connectivity index (χ2n) is 5.56. The predicted octanol–water partition coefficient (Wildman–Crippen LogP) is 1.46. The smallest absolute Gasteiger partial charge is 0.239 e. The summed E-state index contributed by atoms with van der Waals surface area (Å²) in [5.41, 5.74) is 1.72. The van der Waals surface area contributed by atoms with Gasteiger partial charge >= 0.3 is 0 Å². The second kappa shape index (κ2) is 10.0. The van der Waals surface area contributed by atoms with Crippen LogP contribution >= 0.6 is 0 Å². The number of pyridine rings is 1. The van der Waals surface area contributed by atoms with Gasteiger partial charge in [0.25, 0.3) is 0 Å². The van der Waals surface area contributed by atoms with Crippen LogP contribution in [0.1, 0.15) is 17.7 Å². The van der Waals surface area contributed by atoms with Gasteiger partial charge in [0.2, 0.25) is 11.8 Å². The SMILES string of the molecule is COc1ccc(CCC(=O)NCC(=O)NCc2ccccn2)cc1OC. The van der Waals surface area contributed by atoms with E-state index in [0.29, 0.717) is 24.5 Å². The first kappa shape index (κ1) is 19.2. The lowest BCUT2D eigenvalue weighted by atomic mass is 10.1. The molecule has 0 spiro atoms. The minimum atomic E-state index is -0.255. The van der Waals surface area contributed by atoms with Gasteiger partial charge in [0.1, 0.15) is 0 Å². The minimum Gasteiger partial charge on any atom is -0.493 e. The molecule has 0 aliphatic carbocycles. The fourth-order valence-corrected chi connectivity index (χ4v) is 2.32. The molecule has 0 aliphatic heterocycles. The molecule has 1 heterocycles. The Balaban J connectivity index is 1.71. The van der Waals surface area contributed by atoms with E-state index >= 15 is 0 Å². The number of nitrogens with zero attached hydrogens (tertiary/aromatic N) is 1. The van der Waals surface area contributed by atoms with E-state index in [-0.39, 0.29) is 24.8 Å². The molecule has 0 unspecified atom stereocenters. The molecular weight excluding hydrogens is 334 g/mol. The Bertz CT molecular complexity index is 735. The lowest BCUT2D eigenvalue weighted by Gasteiger charge is -2.10. The van der Waals surface area contributed by atoms with Crippen molar-refractivity contribution in [2.45, 2.75) is 19.4 Å². The average molecular weight is 357 g/mol. The van der Waals surface area contributed by atoms with Crippen LogP contribution in [-0.4, -0.2) is 37.6 Å². The topological polar surface area (TPSA) is 89.5 Å². The third-order valence-corrected chi connectivity index (χ3v) is 3.73. The lowest BCUT2D eigenvalue weighted by Crippen LogP contribution is -2.36. The Hall–Kier alpha value is -3.09. The first-order chi connectivity index (χ1) is 12.6. The van der Waals surface area contributed by atoms with E-state index < -0.39 is 0 Å². The molecule has 138 valence electrons. The fraction of sp³-hybridized carbons (Fsp3) is 0.316. The number of methoxy groups -OCH3 is 2. The van der Waals surface area contributed by atoms with Crippen molar-refractivity contribution >= 4 is 11.8 Å². The van der Waals surface area contributed by atoms with E-state index in [4.69, 9.17) is 9.47 Å². The zero-order valence-corrected chi connectivity index (χ0v) is 15.0. The average Bonchev–Trinajstić information content (AvgIpc) is 2.69. The molecule has 7 nitrogen and oxygen atoms in total. The highest BCUT2D eigenvalue weighted by Crippen LogP contribution is 2.27. The van der Waals surface area contributed by atoms with Gasteiger partial charge in [-0.25, -0.2) is 0 Å². The highest BCUT2D eigenvalue weighted by atomic mass is 16.5. The summed E-state index contributed by atoms with van der Waals surface area (Å²) in [5, 5.41) is 5.32. The molecule has 1 aromatic carbocycles. The maximum Gasteiger partial charge on any atom is 0.239 e. The molecule has 0 fully saturated rings. The zero-order valence-electron chi connectivity index (χ0n) is 15.0. The van der Waals surface area contributed by atoms with Gasteiger partial charge in [0.05, 0.1) is 33.0 Å². The zero-order chi connectivity index (χ0) is 18.8. The third-order valence-electron chi connectivity index (χ3n) is 3.73. The van der Waals surface area contributed by atoms with Crippen LogP contribution < -0.4 is 20.1 Å². The number of nitrogens with one attached hydrogen (secondary N) is 2. The van der Waals surface area contributed by atoms with E-state index in [2.05, 4.69) is 15.6 Å². The first-order valence-corrected chi connectivity index (χ1v) is 8.26. The van der Waals surface area contributed by atoms with Crippen molar-refractivity contribution in [2.75, 3.05) is 20.8 Å². The van der Waals surface area contributed by atoms with Crippen LogP contribution in [-0.2, 0) is 22.6 Å². The van der Waals surface area contributed by atoms with E-state index in [9.17, 15) is 9.59 Å². The van der Waals surface area contributed by atoms with Crippen molar-refractivity contribution in [3.8, 4) is 11.5 Å². The number of aryl methyl sites for hydroxylation is 1. The Labute approximate surface area is 152 Å². The molecule has 2 N–H and O–H groups in total. The van der Waals surface area contributed by atoms with Crippen molar-refractivity contribution in [3.05, 3.63) is 53.9 Å². The van der Waals surface area contributed by atoms with E-state index in [0.717, 1.165) is 11.3 Å². The van der Waals surface area contributed by atoms with Crippen LogP contribution in [0.3, 0.4) is 0 Å². The molecule has 0 aliphatic rings. The molecule has 0 atom stereocenters. The van der Waals surface area contributed by atoms with Crippen molar-refractivity contribution in [3.63, 3.8) is 0 Å². The standard InChI is InChI=1S/C19H23N3O4/c1-25-16-8-6-14(11-17(16)26-2)7-9-18(23)22-13-19(24)21-12-15-5-3-4-10-20-15/h3-6,8,10-11H,7,9,12-13H2,1-2H3,(H,21,24)(H,22,23). The van der Waals surface area contributed by atoms with E-state index in [1.165, 1.54) is 0 Å². The van der Waals surface area contributed by atoms with Gasteiger partial charge in [-0.1, -0.05) is 12.1 Å². The Kier molecular flexibility index (Phi) is 7.42. The molecule has 1 aromatic heterocycles. The van der Waals surface area contributed by atoms with Crippen molar-refractivity contribution in [2.24, 2.45) is 0 Å². The molecule has 2 amide bonds. The Morgan fingerprint density at radius 2 is 1.81 bits per heavy atom. The normalized spacial score (nSPS) is 10.1. The first-order valence-electron chi connectivity index (χ1n) is 8.26. The molecule has 0 saturated carbocycles. The molecular formula is C19H23N3O4. The summed E-state index contributed by atoms with van der Waals surface area (Å²) in [5.74, 6) is 0.826. The van der Waals surface area contributed by atoms with Crippen molar-refractivity contribution < 1.29 is 19.1 Å². The van der Waals surface area contributed by atoms with E-state index in [1.807, 2.05) is 30.3 Å². The van der Waals surface area contributed by atoms with Crippen LogP contribution in [0.15, 0.2) is 42.6 Å². The Morgan fingerprint density at radius 1 is 1.00 bits per heavy atom. The number of hydrogen-bond acceptors (Lipinski definition) is 5. The van der Waals surface area contributed by atoms with Gasteiger partial charge in [0.15, 0.2) is 11.5 Å². The lowest BCUT2D eigenvalue weighted by molar-refractivity contribution is -0.126. The van der Waals surface area contributed by atoms with Gasteiger partial charge in [-0.05, 0) is 36.2 Å². The number of carbonyl (C=O) groups is 2. The van der Waals surface area contributed by atoms with Gasteiger partial charge < -0.3 is 20.1 Å². The number of rotatable bonds is 9. The number of benzene rings is 1. The van der Waals surface area contributed by atoms with Crippen molar-refractivity contribution in [1.82, 2.24) is 15.6 Å². The number of aromatic nitrogens is 1. The van der Waals surface area contributed by atoms with Crippen LogP contribution in [0.4, 0.5) is 0 Å². The summed E-state index contributed by atoms with van der Waals surface area (Å²) >= 11 is 0. The maximum atomic E-state index is 11.9. The molecule has 0 saturated heterocycles. The monoisotopic (exact) mass is 357 g/mol. The number of hydrogen-bond donors (Lipinski definition) is 2. The quantitative estimate of drug-likeness (QED) is 0.709. The molecule has 7 heteroatoms. The molecule has 2 aromatic rings. The Morgan fingerprint density at radius 3 is 2.50 bits per heavy atom. The summed E-state index contributed by atoms with van der Waals surface area (Å²) < 4.78 is 10.4. The molecule has 0 bridgehead atoms. The number of ether oxygens (including phenoxy) is 2. The van der Waals surface area contributed by atoms with Crippen molar-refractivity contribution in [1.29, 1.82) is 0 Å². The predicted molar refractivity (Wildman–Crippen MR) is 97.0 cm³/mol. The van der Waals surface area contributed by atoms with Crippen LogP contribution in [0.2, 0.25) is 0 Å². The second-order valence-corrected chi connectivity index (χ2v) is 5.56. The fourth-order valence-electron chi connectivity index (χ4n) is 2.32. The largest absolute Gasteiger partial charge is 0.493 e. The molecule has 2 rings (SSSR count). The van der Waals surface area contributed by atoms with Crippen LogP contribution in [0, 0.1) is 0 Å². The minimum absolute atomic E-state index is 0.0579. The number of carbonyl (C=O) groups excluding carboxylic acids is 2. The maximum absolute atomic E-state index is 11.9. The summed E-state index contributed by atoms with van der Waals surface area (Å²) in [6, 6.07) is 11.0. The van der Waals surface area contributed by atoms with Gasteiger partial charge in [0, 0.05) is 12.6 Å². The summed E-state index contributed by atoms with van der Waals surface area (Å²) in [6.45, 7) is 0.277. The van der Waals surface area contributed by atoms with E-state index in [1.54, 1.807) is 26.5 Å². The third kappa shape index (κ3) is 6.08. The van der Waals surface area contributed by atoms with Gasteiger partial charge in [-0.2, -0.15) is 0 Å². The summed E-state index contributed by atoms with van der Waals surface area (Å²) in [6.07, 6.45) is 2.49. The van der Waals surface area contributed by atoms with Crippen LogP contribution in [0.25, 0.3) is 0 Å². The van der Waals surface area contributed by atoms with Crippen LogP contribution in [0.5, 0.6) is 11.5 Å². The highest BCUT2D eigenvalue weighted by molar-refractivity contribution is 5.84. The van der Waals surface area contributed by atoms with Gasteiger partial charge in [-0.3, -0.25) is 14.6 Å². The molecule has 0 radical (unpaired) electrons. The van der Waals surface area contributed by atoms with Gasteiger partial charge in [-0.15, -0.1) is 0 Å². The summed E-state index contributed by atoms with van der Waals surface area (Å²) in [7, 11) is 3.14.